The third-order valence-electron chi connectivity index (χ3n) is 1.07. The molecule has 0 saturated carbocycles. The van der Waals surface area contributed by atoms with Crippen LogP contribution in [0.25, 0.3) is 0 Å². The van der Waals surface area contributed by atoms with Gasteiger partial charge >= 0.3 is 0 Å². The monoisotopic (exact) mass is 194 g/mol. The highest BCUT2D eigenvalue weighted by molar-refractivity contribution is 5.56. The summed E-state index contributed by atoms with van der Waals surface area (Å²) in [5.74, 6) is 0. The quantitative estimate of drug-likeness (QED) is 0.164. The Morgan fingerprint density at radius 1 is 1.31 bits per heavy atom. The van der Waals surface area contributed by atoms with Crippen LogP contribution in [0.2, 0.25) is 0 Å². The van der Waals surface area contributed by atoms with Gasteiger partial charge in [-0.15, -0.1) is 0 Å². The van der Waals surface area contributed by atoms with Crippen molar-refractivity contribution in [1.82, 2.24) is 4.91 Å². The normalized spacial score (nSPS) is 15.7. The molecule has 0 aliphatic rings. The topological polar surface area (TPSA) is 160 Å². The van der Waals surface area contributed by atoms with Gasteiger partial charge in [0.05, 0.1) is 6.61 Å². The third kappa shape index (κ3) is 7.19. The zero-order valence-electron chi connectivity index (χ0n) is 6.66. The molecule has 0 bridgehead atoms. The molecule has 0 heterocycles. The van der Waals surface area contributed by atoms with Gasteiger partial charge < -0.3 is 25.2 Å². The number of aliphatic hydroxyl groups excluding tert-OH is 4. The first-order valence-electron chi connectivity index (χ1n) is 3.18. The lowest BCUT2D eigenvalue weighted by Crippen LogP contribution is -2.40. The van der Waals surface area contributed by atoms with E-state index >= 15 is 0 Å². The highest BCUT2D eigenvalue weighted by Gasteiger charge is 2.22. The largest absolute Gasteiger partial charge is 0.394 e. The maximum atomic E-state index is 9.76. The van der Waals surface area contributed by atoms with Gasteiger partial charge in [0.2, 0.25) is 4.91 Å². The summed E-state index contributed by atoms with van der Waals surface area (Å²) in [6, 6.07) is 0. The number of nitrogens with zero attached hydrogens (tertiary/aromatic N) is 1. The van der Waals surface area contributed by atoms with Crippen molar-refractivity contribution in [3.05, 3.63) is 0 Å². The molecular formula is C5H12N3O5+. The minimum atomic E-state index is -1.64. The number of rotatable bonds is 4. The summed E-state index contributed by atoms with van der Waals surface area (Å²) in [6.45, 7) is -0.688. The Morgan fingerprint density at radius 2 is 1.69 bits per heavy atom. The molecule has 0 aromatic carbocycles. The summed E-state index contributed by atoms with van der Waals surface area (Å²) in [5, 5.41) is 34.1. The average Bonchev–Trinajstić information content (AvgIpc) is 2.15. The molecule has 8 nitrogen and oxygen atoms in total. The number of hydrogen-bond acceptors (Lipinski definition) is 7. The van der Waals surface area contributed by atoms with Crippen molar-refractivity contribution in [1.29, 1.82) is 11.1 Å². The van der Waals surface area contributed by atoms with E-state index in [9.17, 15) is 4.79 Å². The molecule has 0 aromatic rings. The molecule has 0 saturated heterocycles. The van der Waals surface area contributed by atoms with E-state index in [1.807, 2.05) is 4.91 Å². The maximum Gasteiger partial charge on any atom is 0.211 e. The maximum absolute atomic E-state index is 9.76. The fraction of sp³-hybridized carbons (Fsp3) is 0.800. The minimum Gasteiger partial charge on any atom is -0.394 e. The van der Waals surface area contributed by atoms with Gasteiger partial charge in [-0.05, 0) is 0 Å². The lowest BCUT2D eigenvalue weighted by molar-refractivity contribution is -0.127. The van der Waals surface area contributed by atoms with Crippen LogP contribution in [0.1, 0.15) is 0 Å². The Balaban J connectivity index is 0. The standard InChI is InChI=1S/C5H10O5.H2N3/c6-1-3(8)5(10)4(9)2-7;1-3-2/h1,3-5,7-10H,2H2;1-2H/q;+1/t3-,4+,5-;/m0./s1. The molecule has 0 fully saturated rings. The lowest BCUT2D eigenvalue weighted by Gasteiger charge is -2.16. The molecule has 0 rings (SSSR count). The minimum absolute atomic E-state index is 0.0869. The van der Waals surface area contributed by atoms with Crippen LogP contribution in [-0.2, 0) is 4.79 Å². The molecule has 0 aliphatic heterocycles. The van der Waals surface area contributed by atoms with Crippen molar-refractivity contribution in [3.63, 3.8) is 0 Å². The number of carbonyl (C=O) groups excluding carboxylic acids is 1. The van der Waals surface area contributed by atoms with Gasteiger partial charge in [-0.3, -0.25) is 0 Å². The number of aldehydes is 1. The van der Waals surface area contributed by atoms with Crippen LogP contribution in [0.5, 0.6) is 0 Å². The predicted molar refractivity (Wildman–Crippen MR) is 38.7 cm³/mol. The lowest BCUT2D eigenvalue weighted by atomic mass is 10.1. The van der Waals surface area contributed by atoms with Gasteiger partial charge in [0.1, 0.15) is 29.4 Å². The van der Waals surface area contributed by atoms with Crippen molar-refractivity contribution < 1.29 is 25.2 Å². The van der Waals surface area contributed by atoms with Gasteiger partial charge in [-0.2, -0.15) is 0 Å². The highest BCUT2D eigenvalue weighted by Crippen LogP contribution is 1.96. The van der Waals surface area contributed by atoms with E-state index in [1.165, 1.54) is 0 Å². The Labute approximate surface area is 73.5 Å². The molecule has 0 amide bonds. The molecule has 6 N–H and O–H groups in total. The molecule has 0 radical (unpaired) electrons. The average molecular weight is 194 g/mol. The van der Waals surface area contributed by atoms with Crippen LogP contribution in [0.15, 0.2) is 0 Å². The van der Waals surface area contributed by atoms with Gasteiger partial charge in [-0.1, -0.05) is 0 Å². The van der Waals surface area contributed by atoms with Crippen LogP contribution in [0.4, 0.5) is 0 Å². The number of hydrogen-bond donors (Lipinski definition) is 6. The molecule has 0 spiro atoms. The SMILES string of the molecule is N=[N+]=N.O=C[C@H](O)[C@H](O)[C@H](O)CO. The van der Waals surface area contributed by atoms with Gasteiger partial charge in [0.25, 0.3) is 0 Å². The fourth-order valence-corrected chi connectivity index (χ4v) is 0.416. The van der Waals surface area contributed by atoms with Gasteiger partial charge in [-0.25, -0.2) is 0 Å². The van der Waals surface area contributed by atoms with Gasteiger partial charge in [0, 0.05) is 0 Å². The van der Waals surface area contributed by atoms with Crippen molar-refractivity contribution in [2.24, 2.45) is 0 Å². The van der Waals surface area contributed by atoms with Crippen molar-refractivity contribution in [2.45, 2.75) is 18.3 Å². The summed E-state index contributed by atoms with van der Waals surface area (Å²) in [7, 11) is 0. The first-order valence-corrected chi connectivity index (χ1v) is 3.18. The Hall–Kier alpha value is -1.18. The Kier molecular flexibility index (Phi) is 9.84. The van der Waals surface area contributed by atoms with Crippen LogP contribution >= 0.6 is 0 Å². The van der Waals surface area contributed by atoms with E-state index in [4.69, 9.17) is 31.5 Å². The summed E-state index contributed by atoms with van der Waals surface area (Å²) < 4.78 is 0. The third-order valence-corrected chi connectivity index (χ3v) is 1.07. The first-order chi connectivity index (χ1) is 6.04. The van der Waals surface area contributed by atoms with Crippen molar-refractivity contribution >= 4 is 6.29 Å². The van der Waals surface area contributed by atoms with E-state index in [0.29, 0.717) is 0 Å². The Bertz CT molecular complexity index is 170. The summed E-state index contributed by atoms with van der Waals surface area (Å²) in [5.41, 5.74) is 11.0. The number of aliphatic hydroxyl groups is 4. The second kappa shape index (κ2) is 8.91. The number of carbonyl (C=O) groups is 1. The van der Waals surface area contributed by atoms with Crippen LogP contribution in [-0.4, -0.2) is 51.6 Å². The summed E-state index contributed by atoms with van der Waals surface area (Å²) in [6.07, 6.45) is -4.63. The first kappa shape index (κ1) is 14.3. The smallest absolute Gasteiger partial charge is 0.211 e. The molecular weight excluding hydrogens is 182 g/mol. The van der Waals surface area contributed by atoms with E-state index in [2.05, 4.69) is 0 Å². The molecule has 0 unspecified atom stereocenters. The number of nitrogens with one attached hydrogen (secondary N) is 2. The van der Waals surface area contributed by atoms with Crippen molar-refractivity contribution in [2.75, 3.05) is 6.61 Å². The highest BCUT2D eigenvalue weighted by atomic mass is 16.4. The van der Waals surface area contributed by atoms with E-state index in [1.54, 1.807) is 0 Å². The molecule has 0 aromatic heterocycles. The second-order valence-electron chi connectivity index (χ2n) is 1.98. The zero-order chi connectivity index (χ0) is 10.9. The molecule has 0 aliphatic carbocycles. The van der Waals surface area contributed by atoms with E-state index < -0.39 is 24.9 Å². The van der Waals surface area contributed by atoms with E-state index in [-0.39, 0.29) is 6.29 Å². The van der Waals surface area contributed by atoms with Crippen LogP contribution < -0.4 is 4.91 Å². The van der Waals surface area contributed by atoms with Gasteiger partial charge in [0.15, 0.2) is 6.29 Å². The van der Waals surface area contributed by atoms with E-state index in [0.717, 1.165) is 0 Å². The molecule has 13 heavy (non-hydrogen) atoms. The van der Waals surface area contributed by atoms with Crippen LogP contribution in [0, 0.1) is 11.1 Å². The molecule has 76 valence electrons. The van der Waals surface area contributed by atoms with Crippen LogP contribution in [0.3, 0.4) is 0 Å². The Morgan fingerprint density at radius 3 is 1.92 bits per heavy atom. The summed E-state index contributed by atoms with van der Waals surface area (Å²) >= 11 is 0. The molecule has 8 heteroatoms. The summed E-state index contributed by atoms with van der Waals surface area (Å²) in [4.78, 5) is 11.8. The second-order valence-corrected chi connectivity index (χ2v) is 1.98. The van der Waals surface area contributed by atoms with Crippen molar-refractivity contribution in [3.8, 4) is 0 Å². The predicted octanol–water partition coefficient (Wildman–Crippen LogP) is -2.62. The molecule has 3 atom stereocenters. The zero-order valence-corrected chi connectivity index (χ0v) is 6.66. The fourth-order valence-electron chi connectivity index (χ4n) is 0.416.